The van der Waals surface area contributed by atoms with Gasteiger partial charge in [0, 0.05) is 23.3 Å². The van der Waals surface area contributed by atoms with E-state index in [0.29, 0.717) is 11.5 Å². The van der Waals surface area contributed by atoms with Crippen molar-refractivity contribution in [1.29, 1.82) is 0 Å². The summed E-state index contributed by atoms with van der Waals surface area (Å²) in [5.74, 6) is 0.295. The first-order chi connectivity index (χ1) is 13.7. The molecule has 0 bridgehead atoms. The van der Waals surface area contributed by atoms with Crippen molar-refractivity contribution < 1.29 is 4.79 Å². The number of rotatable bonds is 5. The smallest absolute Gasteiger partial charge is 0.271 e. The molecule has 1 amide bonds. The van der Waals surface area contributed by atoms with Crippen molar-refractivity contribution >= 4 is 17.8 Å². The molecule has 3 rings (SSSR count). The highest BCUT2D eigenvalue weighted by molar-refractivity contribution is 5.95. The molecule has 0 spiro atoms. The lowest BCUT2D eigenvalue weighted by Gasteiger charge is -2.48. The van der Waals surface area contributed by atoms with Gasteiger partial charge in [0.15, 0.2) is 0 Å². The lowest BCUT2D eigenvalue weighted by atomic mass is 9.79. The maximum atomic E-state index is 12.3. The largest absolute Gasteiger partial charge is 0.366 e. The number of hydrazone groups is 1. The molecule has 0 aliphatic carbocycles. The Bertz CT molecular complexity index is 912. The number of hydrogen-bond acceptors (Lipinski definition) is 3. The summed E-state index contributed by atoms with van der Waals surface area (Å²) in [4.78, 5) is 14.8. The summed E-state index contributed by atoms with van der Waals surface area (Å²) < 4.78 is 0. The molecule has 1 unspecified atom stereocenters. The van der Waals surface area contributed by atoms with E-state index in [0.717, 1.165) is 30.5 Å². The third kappa shape index (κ3) is 4.52. The number of amides is 1. The van der Waals surface area contributed by atoms with Gasteiger partial charge in [-0.3, -0.25) is 4.79 Å². The molecular weight excluding hydrogens is 358 g/mol. The standard InChI is InChI=1S/C25H33N3O/c1-7-12-28-23-13-18(3)21(14-22(23)19(4)15-25(28,5)6)16-26-27-24(29)20-10-8-17(2)9-11-20/h8-11,13-14,16,19H,7,12,15H2,1-6H3,(H,27,29)/b26-16-. The number of nitrogens with zero attached hydrogens (tertiary/aromatic N) is 2. The molecular formula is C25H33N3O. The molecule has 29 heavy (non-hydrogen) atoms. The van der Waals surface area contributed by atoms with Gasteiger partial charge in [0.25, 0.3) is 5.91 Å². The van der Waals surface area contributed by atoms with E-state index >= 15 is 0 Å². The fourth-order valence-electron chi connectivity index (χ4n) is 4.37. The number of aryl methyl sites for hydroxylation is 2. The molecule has 4 nitrogen and oxygen atoms in total. The Labute approximate surface area is 175 Å². The average Bonchev–Trinajstić information content (AvgIpc) is 2.66. The maximum Gasteiger partial charge on any atom is 0.271 e. The van der Waals surface area contributed by atoms with Crippen LogP contribution < -0.4 is 10.3 Å². The van der Waals surface area contributed by atoms with Crippen LogP contribution in [-0.4, -0.2) is 24.2 Å². The van der Waals surface area contributed by atoms with Crippen LogP contribution in [-0.2, 0) is 0 Å². The minimum Gasteiger partial charge on any atom is -0.366 e. The van der Waals surface area contributed by atoms with Crippen LogP contribution in [0.25, 0.3) is 0 Å². The second kappa shape index (κ2) is 8.40. The van der Waals surface area contributed by atoms with Gasteiger partial charge in [-0.05, 0) is 87.4 Å². The number of carbonyl (C=O) groups excluding carboxylic acids is 1. The topological polar surface area (TPSA) is 44.7 Å². The van der Waals surface area contributed by atoms with Gasteiger partial charge in [0.05, 0.1) is 6.21 Å². The van der Waals surface area contributed by atoms with E-state index in [-0.39, 0.29) is 11.4 Å². The molecule has 1 heterocycles. The van der Waals surface area contributed by atoms with Crippen LogP contribution in [0, 0.1) is 13.8 Å². The molecule has 0 radical (unpaired) electrons. The highest BCUT2D eigenvalue weighted by Gasteiger charge is 2.36. The third-order valence-corrected chi connectivity index (χ3v) is 5.90. The molecule has 1 N–H and O–H groups in total. The van der Waals surface area contributed by atoms with Crippen molar-refractivity contribution in [3.8, 4) is 0 Å². The zero-order valence-corrected chi connectivity index (χ0v) is 18.5. The van der Waals surface area contributed by atoms with Gasteiger partial charge in [0.1, 0.15) is 0 Å². The molecule has 2 aromatic rings. The molecule has 2 aromatic carbocycles. The first-order valence-electron chi connectivity index (χ1n) is 10.5. The fourth-order valence-corrected chi connectivity index (χ4v) is 4.37. The van der Waals surface area contributed by atoms with E-state index in [9.17, 15) is 4.79 Å². The van der Waals surface area contributed by atoms with E-state index in [4.69, 9.17) is 0 Å². The predicted molar refractivity (Wildman–Crippen MR) is 122 cm³/mol. The van der Waals surface area contributed by atoms with E-state index < -0.39 is 0 Å². The first kappa shape index (κ1) is 21.1. The highest BCUT2D eigenvalue weighted by atomic mass is 16.2. The van der Waals surface area contributed by atoms with Crippen molar-refractivity contribution in [3.63, 3.8) is 0 Å². The van der Waals surface area contributed by atoms with Gasteiger partial charge in [-0.25, -0.2) is 5.43 Å². The maximum absolute atomic E-state index is 12.3. The fraction of sp³-hybridized carbons (Fsp3) is 0.440. The Morgan fingerprint density at radius 1 is 1.24 bits per heavy atom. The van der Waals surface area contributed by atoms with Gasteiger partial charge >= 0.3 is 0 Å². The molecule has 1 atom stereocenters. The summed E-state index contributed by atoms with van der Waals surface area (Å²) in [6.45, 7) is 14.4. The van der Waals surface area contributed by atoms with Gasteiger partial charge in [0.2, 0.25) is 0 Å². The Hall–Kier alpha value is -2.62. The Kier molecular flexibility index (Phi) is 6.11. The molecule has 0 aromatic heterocycles. The molecule has 4 heteroatoms. The summed E-state index contributed by atoms with van der Waals surface area (Å²) >= 11 is 0. The minimum absolute atomic E-state index is 0.159. The molecule has 0 saturated carbocycles. The number of fused-ring (bicyclic) bond motifs is 1. The second-order valence-corrected chi connectivity index (χ2v) is 8.90. The van der Waals surface area contributed by atoms with Crippen LogP contribution in [0.1, 0.15) is 79.1 Å². The van der Waals surface area contributed by atoms with Crippen LogP contribution in [0.2, 0.25) is 0 Å². The van der Waals surface area contributed by atoms with Crippen LogP contribution in [0.4, 0.5) is 5.69 Å². The molecule has 1 aliphatic rings. The van der Waals surface area contributed by atoms with Gasteiger partial charge < -0.3 is 4.90 Å². The summed E-state index contributed by atoms with van der Waals surface area (Å²) in [5, 5.41) is 4.22. The lowest BCUT2D eigenvalue weighted by Crippen LogP contribution is -2.48. The quantitative estimate of drug-likeness (QED) is 0.535. The van der Waals surface area contributed by atoms with Crippen molar-refractivity contribution in [3.05, 3.63) is 64.2 Å². The second-order valence-electron chi connectivity index (χ2n) is 8.90. The summed E-state index contributed by atoms with van der Waals surface area (Å²) in [5.41, 5.74) is 9.48. The molecule has 0 fully saturated rings. The third-order valence-electron chi connectivity index (χ3n) is 5.90. The summed E-state index contributed by atoms with van der Waals surface area (Å²) in [6, 6.07) is 12.0. The molecule has 154 valence electrons. The number of anilines is 1. The van der Waals surface area contributed by atoms with Crippen LogP contribution in [0.3, 0.4) is 0 Å². The minimum atomic E-state index is -0.193. The highest BCUT2D eigenvalue weighted by Crippen LogP contribution is 2.44. The Morgan fingerprint density at radius 2 is 1.93 bits per heavy atom. The first-order valence-corrected chi connectivity index (χ1v) is 10.5. The number of carbonyl (C=O) groups is 1. The van der Waals surface area contributed by atoms with E-state index in [1.165, 1.54) is 16.8 Å². The molecule has 1 aliphatic heterocycles. The Morgan fingerprint density at radius 3 is 2.59 bits per heavy atom. The van der Waals surface area contributed by atoms with Crippen LogP contribution in [0.15, 0.2) is 41.5 Å². The average molecular weight is 392 g/mol. The van der Waals surface area contributed by atoms with Crippen molar-refractivity contribution in [1.82, 2.24) is 5.43 Å². The van der Waals surface area contributed by atoms with Crippen molar-refractivity contribution in [2.75, 3.05) is 11.4 Å². The zero-order chi connectivity index (χ0) is 21.2. The Balaban J connectivity index is 1.83. The van der Waals surface area contributed by atoms with E-state index in [2.05, 4.69) is 62.2 Å². The van der Waals surface area contributed by atoms with Crippen molar-refractivity contribution in [2.45, 2.75) is 65.8 Å². The van der Waals surface area contributed by atoms with E-state index in [1.807, 2.05) is 31.2 Å². The number of benzene rings is 2. The van der Waals surface area contributed by atoms with Gasteiger partial charge in [-0.1, -0.05) is 31.5 Å². The van der Waals surface area contributed by atoms with Gasteiger partial charge in [-0.15, -0.1) is 0 Å². The summed E-state index contributed by atoms with van der Waals surface area (Å²) in [7, 11) is 0. The normalized spacial score (nSPS) is 18.0. The summed E-state index contributed by atoms with van der Waals surface area (Å²) in [6.07, 6.45) is 4.02. The predicted octanol–water partition coefficient (Wildman–Crippen LogP) is 5.57. The van der Waals surface area contributed by atoms with Gasteiger partial charge in [-0.2, -0.15) is 5.10 Å². The van der Waals surface area contributed by atoms with Crippen LogP contribution >= 0.6 is 0 Å². The monoisotopic (exact) mass is 391 g/mol. The zero-order valence-electron chi connectivity index (χ0n) is 18.5. The number of nitrogens with one attached hydrogen (secondary N) is 1. The lowest BCUT2D eigenvalue weighted by molar-refractivity contribution is 0.0955. The van der Waals surface area contributed by atoms with Crippen molar-refractivity contribution in [2.24, 2.45) is 5.10 Å². The SMILES string of the molecule is CCCN1c2cc(C)c(/C=N\NC(=O)c3ccc(C)cc3)cc2C(C)CC1(C)C. The van der Waals surface area contributed by atoms with Crippen LogP contribution in [0.5, 0.6) is 0 Å². The molecule has 0 saturated heterocycles. The van der Waals surface area contributed by atoms with E-state index in [1.54, 1.807) is 6.21 Å². The number of hydrogen-bond donors (Lipinski definition) is 1.